The van der Waals surface area contributed by atoms with Gasteiger partial charge in [-0.1, -0.05) is 11.6 Å². The molecule has 2 N–H and O–H groups in total. The molecule has 0 amide bonds. The van der Waals surface area contributed by atoms with E-state index in [4.69, 9.17) is 26.2 Å². The molecular formula is C13H18ClNO3. The van der Waals surface area contributed by atoms with Crippen LogP contribution in [0.3, 0.4) is 0 Å². The van der Waals surface area contributed by atoms with E-state index < -0.39 is 0 Å². The third kappa shape index (κ3) is 3.28. The Labute approximate surface area is 112 Å². The SMILES string of the molecule is CC(CCCO)NCc1cc(Cl)c2c(c1)OCO2. The Kier molecular flexibility index (Phi) is 4.69. The molecule has 0 saturated heterocycles. The molecule has 0 radical (unpaired) electrons. The van der Waals surface area contributed by atoms with E-state index >= 15 is 0 Å². The molecule has 0 aliphatic carbocycles. The van der Waals surface area contributed by atoms with Crippen LogP contribution in [0, 0.1) is 0 Å². The van der Waals surface area contributed by atoms with E-state index in [2.05, 4.69) is 12.2 Å². The average molecular weight is 272 g/mol. The number of rotatable bonds is 6. The minimum absolute atomic E-state index is 0.235. The number of halogens is 1. The second-order valence-corrected chi connectivity index (χ2v) is 4.87. The van der Waals surface area contributed by atoms with Crippen LogP contribution in [0.15, 0.2) is 12.1 Å². The van der Waals surface area contributed by atoms with Crippen molar-refractivity contribution in [1.82, 2.24) is 5.32 Å². The third-order valence-electron chi connectivity index (χ3n) is 2.94. The number of fused-ring (bicyclic) bond motifs is 1. The Morgan fingerprint density at radius 2 is 2.28 bits per heavy atom. The van der Waals surface area contributed by atoms with Crippen LogP contribution in [0.2, 0.25) is 5.02 Å². The molecule has 1 aromatic rings. The minimum atomic E-state index is 0.235. The van der Waals surface area contributed by atoms with Crippen molar-refractivity contribution < 1.29 is 14.6 Å². The van der Waals surface area contributed by atoms with E-state index in [9.17, 15) is 0 Å². The molecule has 1 aromatic carbocycles. The quantitative estimate of drug-likeness (QED) is 0.834. The van der Waals surface area contributed by atoms with Gasteiger partial charge < -0.3 is 19.9 Å². The topological polar surface area (TPSA) is 50.7 Å². The number of hydrogen-bond donors (Lipinski definition) is 2. The standard InChI is InChI=1S/C13H18ClNO3/c1-9(3-2-4-16)15-7-10-5-11(14)13-12(6-10)17-8-18-13/h5-6,9,15-16H,2-4,7-8H2,1H3. The normalized spacial score (nSPS) is 14.8. The van der Waals surface area contributed by atoms with Gasteiger partial charge in [-0.05, 0) is 37.5 Å². The molecule has 1 heterocycles. The van der Waals surface area contributed by atoms with Crippen molar-refractivity contribution in [2.45, 2.75) is 32.4 Å². The summed E-state index contributed by atoms with van der Waals surface area (Å²) in [4.78, 5) is 0. The zero-order chi connectivity index (χ0) is 13.0. The van der Waals surface area contributed by atoms with Crippen LogP contribution in [0.5, 0.6) is 11.5 Å². The second-order valence-electron chi connectivity index (χ2n) is 4.46. The highest BCUT2D eigenvalue weighted by atomic mass is 35.5. The van der Waals surface area contributed by atoms with Crippen molar-refractivity contribution >= 4 is 11.6 Å². The third-order valence-corrected chi connectivity index (χ3v) is 3.22. The highest BCUT2D eigenvalue weighted by Gasteiger charge is 2.18. The first-order valence-electron chi connectivity index (χ1n) is 6.13. The molecule has 1 atom stereocenters. The maximum Gasteiger partial charge on any atom is 0.231 e. The Bertz CT molecular complexity index is 411. The Balaban J connectivity index is 1.92. The lowest BCUT2D eigenvalue weighted by molar-refractivity contribution is 0.174. The summed E-state index contributed by atoms with van der Waals surface area (Å²) in [6.45, 7) is 3.30. The number of hydrogen-bond acceptors (Lipinski definition) is 4. The van der Waals surface area contributed by atoms with Crippen LogP contribution < -0.4 is 14.8 Å². The van der Waals surface area contributed by atoms with Gasteiger partial charge in [-0.15, -0.1) is 0 Å². The average Bonchev–Trinajstić information content (AvgIpc) is 2.82. The molecule has 4 nitrogen and oxygen atoms in total. The fourth-order valence-corrected chi connectivity index (χ4v) is 2.20. The van der Waals surface area contributed by atoms with Crippen molar-refractivity contribution in [2.24, 2.45) is 0 Å². The summed E-state index contributed by atoms with van der Waals surface area (Å²) in [6, 6.07) is 4.20. The number of ether oxygens (including phenoxy) is 2. The largest absolute Gasteiger partial charge is 0.454 e. The summed E-state index contributed by atoms with van der Waals surface area (Å²) in [5.41, 5.74) is 1.07. The lowest BCUT2D eigenvalue weighted by Crippen LogP contribution is -2.25. The van der Waals surface area contributed by atoms with Gasteiger partial charge in [0, 0.05) is 19.2 Å². The number of aliphatic hydroxyl groups excluding tert-OH is 1. The Morgan fingerprint density at radius 3 is 3.06 bits per heavy atom. The van der Waals surface area contributed by atoms with Crippen LogP contribution in [0.1, 0.15) is 25.3 Å². The molecule has 2 rings (SSSR count). The van der Waals surface area contributed by atoms with Crippen molar-refractivity contribution in [3.8, 4) is 11.5 Å². The molecule has 1 aliphatic rings. The Morgan fingerprint density at radius 1 is 1.44 bits per heavy atom. The van der Waals surface area contributed by atoms with E-state index in [-0.39, 0.29) is 13.4 Å². The predicted molar refractivity (Wildman–Crippen MR) is 70.2 cm³/mol. The van der Waals surface area contributed by atoms with Crippen LogP contribution in [0.25, 0.3) is 0 Å². The molecular weight excluding hydrogens is 254 g/mol. The van der Waals surface area contributed by atoms with Gasteiger partial charge in [-0.2, -0.15) is 0 Å². The second kappa shape index (κ2) is 6.27. The smallest absolute Gasteiger partial charge is 0.231 e. The lowest BCUT2D eigenvalue weighted by atomic mass is 10.1. The molecule has 5 heteroatoms. The first-order chi connectivity index (χ1) is 8.70. The molecule has 0 saturated carbocycles. The van der Waals surface area contributed by atoms with E-state index in [1.807, 2.05) is 12.1 Å². The van der Waals surface area contributed by atoms with Crippen molar-refractivity contribution in [3.63, 3.8) is 0 Å². The minimum Gasteiger partial charge on any atom is -0.454 e. The molecule has 100 valence electrons. The van der Waals surface area contributed by atoms with E-state index in [1.54, 1.807) is 0 Å². The molecule has 18 heavy (non-hydrogen) atoms. The van der Waals surface area contributed by atoms with Crippen molar-refractivity contribution in [3.05, 3.63) is 22.7 Å². The molecule has 1 unspecified atom stereocenters. The summed E-state index contributed by atoms with van der Waals surface area (Å²) in [6.07, 6.45) is 1.77. The van der Waals surface area contributed by atoms with Gasteiger partial charge in [-0.3, -0.25) is 0 Å². The van der Waals surface area contributed by atoms with Gasteiger partial charge in [0.15, 0.2) is 11.5 Å². The van der Waals surface area contributed by atoms with Gasteiger partial charge in [0.1, 0.15) is 0 Å². The summed E-state index contributed by atoms with van der Waals surface area (Å²) in [7, 11) is 0. The fraction of sp³-hybridized carbons (Fsp3) is 0.538. The van der Waals surface area contributed by atoms with Gasteiger partial charge in [0.25, 0.3) is 0 Å². The molecule has 0 bridgehead atoms. The summed E-state index contributed by atoms with van der Waals surface area (Å²) in [5, 5.41) is 12.7. The molecule has 1 aliphatic heterocycles. The Hall–Kier alpha value is -0.970. The van der Waals surface area contributed by atoms with Crippen LogP contribution in [0.4, 0.5) is 0 Å². The van der Waals surface area contributed by atoms with Gasteiger partial charge >= 0.3 is 0 Å². The van der Waals surface area contributed by atoms with Gasteiger partial charge in [0.05, 0.1) is 5.02 Å². The van der Waals surface area contributed by atoms with Crippen molar-refractivity contribution in [1.29, 1.82) is 0 Å². The maximum atomic E-state index is 8.77. The highest BCUT2D eigenvalue weighted by Crippen LogP contribution is 2.39. The van der Waals surface area contributed by atoms with Gasteiger partial charge in [-0.25, -0.2) is 0 Å². The number of aliphatic hydroxyl groups is 1. The van der Waals surface area contributed by atoms with Crippen LogP contribution in [-0.2, 0) is 6.54 Å². The van der Waals surface area contributed by atoms with Crippen molar-refractivity contribution in [2.75, 3.05) is 13.4 Å². The first-order valence-corrected chi connectivity index (χ1v) is 6.50. The van der Waals surface area contributed by atoms with E-state index in [0.717, 1.165) is 24.9 Å². The molecule has 0 fully saturated rings. The first kappa shape index (κ1) is 13.5. The summed E-state index contributed by atoms with van der Waals surface area (Å²) in [5.74, 6) is 1.34. The number of benzene rings is 1. The monoisotopic (exact) mass is 271 g/mol. The maximum absolute atomic E-state index is 8.77. The number of nitrogens with one attached hydrogen (secondary N) is 1. The van der Waals surface area contributed by atoms with Gasteiger partial charge in [0.2, 0.25) is 6.79 Å². The van der Waals surface area contributed by atoms with Crippen LogP contribution in [-0.4, -0.2) is 24.5 Å². The van der Waals surface area contributed by atoms with E-state index in [0.29, 0.717) is 22.6 Å². The predicted octanol–water partition coefficient (Wildman–Crippen LogP) is 2.32. The molecule has 0 aromatic heterocycles. The fourth-order valence-electron chi connectivity index (χ4n) is 1.91. The summed E-state index contributed by atoms with van der Waals surface area (Å²) < 4.78 is 10.6. The molecule has 0 spiro atoms. The highest BCUT2D eigenvalue weighted by molar-refractivity contribution is 6.32. The zero-order valence-electron chi connectivity index (χ0n) is 10.4. The lowest BCUT2D eigenvalue weighted by Gasteiger charge is -2.13. The van der Waals surface area contributed by atoms with E-state index in [1.165, 1.54) is 0 Å². The van der Waals surface area contributed by atoms with Crippen LogP contribution >= 0.6 is 11.6 Å². The zero-order valence-corrected chi connectivity index (χ0v) is 11.2. The summed E-state index contributed by atoms with van der Waals surface area (Å²) >= 11 is 6.11.